The summed E-state index contributed by atoms with van der Waals surface area (Å²) in [6.45, 7) is 0. The molecule has 0 radical (unpaired) electrons. The van der Waals surface area contributed by atoms with Gasteiger partial charge in [0.1, 0.15) is 5.75 Å². The van der Waals surface area contributed by atoms with Gasteiger partial charge in [-0.1, -0.05) is 36.4 Å². The Morgan fingerprint density at radius 1 is 1.05 bits per heavy atom. The molecule has 2 nitrogen and oxygen atoms in total. The molecule has 2 aromatic rings. The minimum atomic E-state index is -0.389. The van der Waals surface area contributed by atoms with Gasteiger partial charge >= 0.3 is 0 Å². The van der Waals surface area contributed by atoms with Gasteiger partial charge in [-0.15, -0.1) is 0 Å². The van der Waals surface area contributed by atoms with Gasteiger partial charge in [0.05, 0.1) is 13.2 Å². The second kappa shape index (κ2) is 6.31. The smallest absolute Gasteiger partial charge is 0.118 e. The number of rotatable bonds is 6. The maximum atomic E-state index is 10.3. The van der Waals surface area contributed by atoms with E-state index >= 15 is 0 Å². The Bertz CT molecular complexity index is 568. The van der Waals surface area contributed by atoms with Crippen LogP contribution in [0.3, 0.4) is 0 Å². The zero-order valence-corrected chi connectivity index (χ0v) is 12.5. The lowest BCUT2D eigenvalue weighted by atomic mass is 9.99. The average molecular weight is 282 g/mol. The summed E-state index contributed by atoms with van der Waals surface area (Å²) in [5.74, 6) is 1.64. The van der Waals surface area contributed by atoms with Crippen molar-refractivity contribution in [3.8, 4) is 5.75 Å². The molecule has 1 fully saturated rings. The molecule has 2 heteroatoms. The lowest BCUT2D eigenvalue weighted by Gasteiger charge is -2.12. The van der Waals surface area contributed by atoms with E-state index in [-0.39, 0.29) is 6.10 Å². The third-order valence-corrected chi connectivity index (χ3v) is 4.24. The van der Waals surface area contributed by atoms with Crippen molar-refractivity contribution in [1.82, 2.24) is 0 Å². The first-order valence-electron chi connectivity index (χ1n) is 7.67. The van der Waals surface area contributed by atoms with Crippen LogP contribution in [0.4, 0.5) is 0 Å². The zero-order chi connectivity index (χ0) is 14.7. The minimum Gasteiger partial charge on any atom is -0.497 e. The fourth-order valence-electron chi connectivity index (χ4n) is 2.67. The Labute approximate surface area is 126 Å². The van der Waals surface area contributed by atoms with Gasteiger partial charge in [-0.25, -0.2) is 0 Å². The van der Waals surface area contributed by atoms with Crippen LogP contribution in [-0.2, 0) is 6.42 Å². The van der Waals surface area contributed by atoms with Crippen molar-refractivity contribution in [3.05, 3.63) is 65.2 Å². The summed E-state index contributed by atoms with van der Waals surface area (Å²) in [6, 6.07) is 16.5. The van der Waals surface area contributed by atoms with Crippen molar-refractivity contribution < 1.29 is 9.84 Å². The van der Waals surface area contributed by atoms with Crippen LogP contribution in [0, 0.1) is 0 Å². The van der Waals surface area contributed by atoms with Gasteiger partial charge in [-0.05, 0) is 60.4 Å². The largest absolute Gasteiger partial charge is 0.497 e. The summed E-state index contributed by atoms with van der Waals surface area (Å²) in [4.78, 5) is 0. The maximum absolute atomic E-state index is 10.3. The monoisotopic (exact) mass is 282 g/mol. The van der Waals surface area contributed by atoms with Crippen molar-refractivity contribution in [2.45, 2.75) is 37.7 Å². The van der Waals surface area contributed by atoms with Crippen LogP contribution in [0.2, 0.25) is 0 Å². The molecule has 2 aromatic carbocycles. The fourth-order valence-corrected chi connectivity index (χ4v) is 2.67. The van der Waals surface area contributed by atoms with E-state index in [1.807, 2.05) is 12.1 Å². The Kier molecular flexibility index (Phi) is 4.26. The molecule has 1 aliphatic carbocycles. The Morgan fingerprint density at radius 3 is 2.29 bits per heavy atom. The van der Waals surface area contributed by atoms with Crippen LogP contribution < -0.4 is 4.74 Å². The third kappa shape index (κ3) is 3.64. The van der Waals surface area contributed by atoms with Gasteiger partial charge in [-0.2, -0.15) is 0 Å². The van der Waals surface area contributed by atoms with Gasteiger partial charge in [0, 0.05) is 0 Å². The third-order valence-electron chi connectivity index (χ3n) is 4.24. The highest BCUT2D eigenvalue weighted by atomic mass is 16.5. The lowest BCUT2D eigenvalue weighted by Crippen LogP contribution is -2.00. The van der Waals surface area contributed by atoms with Crippen LogP contribution in [0.1, 0.15) is 48.0 Å². The van der Waals surface area contributed by atoms with Gasteiger partial charge < -0.3 is 9.84 Å². The highest BCUT2D eigenvalue weighted by molar-refractivity contribution is 5.30. The number of hydrogen-bond donors (Lipinski definition) is 1. The second-order valence-electron chi connectivity index (χ2n) is 5.84. The Morgan fingerprint density at radius 2 is 1.71 bits per heavy atom. The SMILES string of the molecule is COc1ccc(CCC(O)c2ccc(C3CC3)cc2)cc1. The fraction of sp³-hybridized carbons (Fsp3) is 0.368. The van der Waals surface area contributed by atoms with Crippen LogP contribution >= 0.6 is 0 Å². The molecular formula is C19H22O2. The predicted octanol–water partition coefficient (Wildman–Crippen LogP) is 4.24. The maximum Gasteiger partial charge on any atom is 0.118 e. The van der Waals surface area contributed by atoms with Crippen molar-refractivity contribution >= 4 is 0 Å². The van der Waals surface area contributed by atoms with Crippen LogP contribution in [0.25, 0.3) is 0 Å². The molecule has 21 heavy (non-hydrogen) atoms. The van der Waals surface area contributed by atoms with E-state index in [2.05, 4.69) is 36.4 Å². The molecule has 0 heterocycles. The molecular weight excluding hydrogens is 260 g/mol. The van der Waals surface area contributed by atoms with Gasteiger partial charge in [-0.3, -0.25) is 0 Å². The first-order valence-corrected chi connectivity index (χ1v) is 7.67. The molecule has 1 aliphatic rings. The van der Waals surface area contributed by atoms with Gasteiger partial charge in [0.2, 0.25) is 0 Å². The normalized spacial score (nSPS) is 15.7. The molecule has 0 saturated heterocycles. The molecule has 110 valence electrons. The molecule has 0 amide bonds. The molecule has 0 bridgehead atoms. The predicted molar refractivity (Wildman–Crippen MR) is 84.7 cm³/mol. The molecule has 0 aliphatic heterocycles. The second-order valence-corrected chi connectivity index (χ2v) is 5.84. The zero-order valence-electron chi connectivity index (χ0n) is 12.5. The molecule has 0 spiro atoms. The van der Waals surface area contributed by atoms with E-state index in [0.717, 1.165) is 30.1 Å². The number of ether oxygens (including phenoxy) is 1. The van der Waals surface area contributed by atoms with E-state index in [1.165, 1.54) is 24.0 Å². The number of aliphatic hydroxyl groups excluding tert-OH is 1. The summed E-state index contributed by atoms with van der Waals surface area (Å²) in [5.41, 5.74) is 3.67. The number of benzene rings is 2. The van der Waals surface area contributed by atoms with Crippen molar-refractivity contribution in [2.24, 2.45) is 0 Å². The number of aliphatic hydroxyl groups is 1. The summed E-state index contributed by atoms with van der Waals surface area (Å²) < 4.78 is 5.15. The summed E-state index contributed by atoms with van der Waals surface area (Å²) >= 11 is 0. The number of hydrogen-bond acceptors (Lipinski definition) is 2. The highest BCUT2D eigenvalue weighted by Crippen LogP contribution is 2.40. The summed E-state index contributed by atoms with van der Waals surface area (Å²) in [7, 11) is 1.67. The molecule has 1 saturated carbocycles. The average Bonchev–Trinajstić information content (AvgIpc) is 3.38. The van der Waals surface area contributed by atoms with E-state index in [9.17, 15) is 5.11 Å². The standard InChI is InChI=1S/C19H22O2/c1-21-18-11-2-14(3-12-18)4-13-19(20)17-9-7-16(8-10-17)15-5-6-15/h2-3,7-12,15,19-20H,4-6,13H2,1H3. The molecule has 0 aromatic heterocycles. The van der Waals surface area contributed by atoms with Crippen LogP contribution in [0.5, 0.6) is 5.75 Å². The van der Waals surface area contributed by atoms with E-state index in [4.69, 9.17) is 4.74 Å². The number of aryl methyl sites for hydroxylation is 1. The van der Waals surface area contributed by atoms with Gasteiger partial charge in [0.25, 0.3) is 0 Å². The Hall–Kier alpha value is -1.80. The first kappa shape index (κ1) is 14.2. The molecule has 1 atom stereocenters. The van der Waals surface area contributed by atoms with Gasteiger partial charge in [0.15, 0.2) is 0 Å². The molecule has 3 rings (SSSR count). The summed E-state index contributed by atoms with van der Waals surface area (Å²) in [6.07, 6.45) is 3.86. The van der Waals surface area contributed by atoms with Crippen LogP contribution in [0.15, 0.2) is 48.5 Å². The van der Waals surface area contributed by atoms with E-state index in [0.29, 0.717) is 0 Å². The van der Waals surface area contributed by atoms with E-state index in [1.54, 1.807) is 7.11 Å². The quantitative estimate of drug-likeness (QED) is 0.858. The molecule has 1 unspecified atom stereocenters. The van der Waals surface area contributed by atoms with Crippen molar-refractivity contribution in [3.63, 3.8) is 0 Å². The van der Waals surface area contributed by atoms with Crippen molar-refractivity contribution in [2.75, 3.05) is 7.11 Å². The Balaban J connectivity index is 1.55. The highest BCUT2D eigenvalue weighted by Gasteiger charge is 2.23. The number of methoxy groups -OCH3 is 1. The summed E-state index contributed by atoms with van der Waals surface area (Å²) in [5, 5.41) is 10.3. The van der Waals surface area contributed by atoms with Crippen molar-refractivity contribution in [1.29, 1.82) is 0 Å². The minimum absolute atomic E-state index is 0.389. The lowest BCUT2D eigenvalue weighted by molar-refractivity contribution is 0.168. The van der Waals surface area contributed by atoms with Crippen LogP contribution in [-0.4, -0.2) is 12.2 Å². The van der Waals surface area contributed by atoms with E-state index < -0.39 is 0 Å². The molecule has 1 N–H and O–H groups in total. The first-order chi connectivity index (χ1) is 10.3. The topological polar surface area (TPSA) is 29.5 Å².